The third kappa shape index (κ3) is 3.91. The summed E-state index contributed by atoms with van der Waals surface area (Å²) >= 11 is 4.81. The highest BCUT2D eigenvalue weighted by atomic mass is 79.9. The van der Waals surface area contributed by atoms with Gasteiger partial charge < -0.3 is 9.88 Å². The van der Waals surface area contributed by atoms with Gasteiger partial charge in [0.1, 0.15) is 0 Å². The number of halogens is 1. The summed E-state index contributed by atoms with van der Waals surface area (Å²) in [6, 6.07) is 19.9. The first-order chi connectivity index (χ1) is 13.1. The molecule has 1 aromatic heterocycles. The Kier molecular flexibility index (Phi) is 5.01. The minimum atomic E-state index is -0.130. The molecule has 1 aliphatic heterocycles. The van der Waals surface area contributed by atoms with Gasteiger partial charge in [-0.05, 0) is 72.8 Å². The number of hydrogen-bond acceptors (Lipinski definition) is 3. The first-order valence-electron chi connectivity index (χ1n) is 8.39. The van der Waals surface area contributed by atoms with Gasteiger partial charge in [0.05, 0.1) is 10.6 Å². The van der Waals surface area contributed by atoms with Gasteiger partial charge in [-0.1, -0.05) is 34.1 Å². The van der Waals surface area contributed by atoms with Gasteiger partial charge >= 0.3 is 0 Å². The Balaban J connectivity index is 1.62. The molecule has 3 aromatic rings. The summed E-state index contributed by atoms with van der Waals surface area (Å²) in [5.74, 6) is -0.130. The van der Waals surface area contributed by atoms with Crippen molar-refractivity contribution in [2.75, 3.05) is 0 Å². The molecule has 2 aromatic carbocycles. The van der Waals surface area contributed by atoms with Crippen LogP contribution < -0.4 is 5.32 Å². The van der Waals surface area contributed by atoms with Crippen molar-refractivity contribution in [3.63, 3.8) is 0 Å². The summed E-state index contributed by atoms with van der Waals surface area (Å²) in [5.41, 5.74) is 3.88. The second-order valence-corrected chi connectivity index (χ2v) is 8.00. The fourth-order valence-corrected chi connectivity index (χ4v) is 4.10. The van der Waals surface area contributed by atoms with E-state index in [4.69, 9.17) is 0 Å². The predicted molar refractivity (Wildman–Crippen MR) is 115 cm³/mol. The summed E-state index contributed by atoms with van der Waals surface area (Å²) in [4.78, 5) is 17.6. The molecule has 2 heterocycles. The largest absolute Gasteiger partial charge is 0.317 e. The lowest BCUT2D eigenvalue weighted by Gasteiger charge is -2.06. The molecule has 0 atom stereocenters. The lowest BCUT2D eigenvalue weighted by atomic mass is 10.2. The molecule has 4 nitrogen and oxygen atoms in total. The summed E-state index contributed by atoms with van der Waals surface area (Å²) in [5, 5.41) is 3.44. The summed E-state index contributed by atoms with van der Waals surface area (Å²) in [6.07, 6.45) is 3.88. The van der Waals surface area contributed by atoms with Crippen LogP contribution in [0.15, 0.2) is 81.2 Å². The van der Waals surface area contributed by atoms with Crippen LogP contribution >= 0.6 is 27.7 Å². The van der Waals surface area contributed by atoms with E-state index < -0.39 is 0 Å². The van der Waals surface area contributed by atoms with Crippen molar-refractivity contribution in [3.05, 3.63) is 87.5 Å². The van der Waals surface area contributed by atoms with Gasteiger partial charge in [-0.25, -0.2) is 4.99 Å². The van der Waals surface area contributed by atoms with Crippen LogP contribution in [0.4, 0.5) is 5.69 Å². The van der Waals surface area contributed by atoms with Crippen LogP contribution in [0.1, 0.15) is 11.3 Å². The molecular weight excluding hydrogens is 422 g/mol. The maximum atomic E-state index is 12.4. The van der Waals surface area contributed by atoms with E-state index in [-0.39, 0.29) is 5.91 Å². The highest BCUT2D eigenvalue weighted by Crippen LogP contribution is 2.30. The number of carbonyl (C=O) groups excluding carboxylic acids is 1. The molecule has 1 saturated heterocycles. The fourth-order valence-electron chi connectivity index (χ4n) is 2.80. The van der Waals surface area contributed by atoms with Gasteiger partial charge in [-0.15, -0.1) is 0 Å². The average Bonchev–Trinajstić information content (AvgIpc) is 3.25. The van der Waals surface area contributed by atoms with Gasteiger partial charge in [-0.3, -0.25) is 4.79 Å². The molecule has 0 saturated carbocycles. The zero-order chi connectivity index (χ0) is 18.8. The number of amides is 1. The summed E-state index contributed by atoms with van der Waals surface area (Å²) in [6.45, 7) is 2.00. The Bertz CT molecular complexity index is 1070. The molecule has 0 unspecified atom stereocenters. The first-order valence-corrected chi connectivity index (χ1v) is 9.99. The van der Waals surface area contributed by atoms with Crippen LogP contribution in [0.2, 0.25) is 0 Å². The quantitative estimate of drug-likeness (QED) is 0.554. The number of nitrogens with zero attached hydrogens (tertiary/aromatic N) is 2. The van der Waals surface area contributed by atoms with E-state index in [1.165, 1.54) is 11.8 Å². The number of aliphatic imine (C=N–C) groups is 1. The number of nitrogens with one attached hydrogen (secondary N) is 1. The van der Waals surface area contributed by atoms with Gasteiger partial charge in [0.25, 0.3) is 5.91 Å². The number of carbonyl (C=O) groups is 1. The van der Waals surface area contributed by atoms with E-state index in [1.807, 2.05) is 79.9 Å². The van der Waals surface area contributed by atoms with Crippen molar-refractivity contribution < 1.29 is 4.79 Å². The van der Waals surface area contributed by atoms with Crippen LogP contribution in [0.5, 0.6) is 0 Å². The first kappa shape index (κ1) is 17.8. The van der Waals surface area contributed by atoms with E-state index in [0.717, 1.165) is 27.1 Å². The Hall–Kier alpha value is -2.57. The van der Waals surface area contributed by atoms with Gasteiger partial charge in [0.2, 0.25) is 0 Å². The minimum Gasteiger partial charge on any atom is -0.317 e. The molecule has 27 heavy (non-hydrogen) atoms. The highest BCUT2D eigenvalue weighted by molar-refractivity contribution is 9.10. The predicted octanol–water partition coefficient (Wildman–Crippen LogP) is 5.44. The number of aryl methyl sites for hydroxylation is 1. The number of amidine groups is 1. The highest BCUT2D eigenvalue weighted by Gasteiger charge is 2.24. The third-order valence-corrected chi connectivity index (χ3v) is 5.53. The van der Waals surface area contributed by atoms with E-state index in [9.17, 15) is 4.79 Å². The van der Waals surface area contributed by atoms with Crippen LogP contribution in [-0.2, 0) is 4.79 Å². The Labute approximate surface area is 170 Å². The van der Waals surface area contributed by atoms with E-state index in [0.29, 0.717) is 10.1 Å². The molecule has 0 spiro atoms. The molecule has 1 fully saturated rings. The second-order valence-electron chi connectivity index (χ2n) is 6.05. The number of rotatable bonds is 3. The standard InChI is InChI=1S/C21H16BrN3OS/c1-14-12-15(22)9-10-18(14)23-21-24-20(26)19(27-21)13-17-8-5-11-25(17)16-6-3-2-4-7-16/h2-13H,1H3,(H,23,24,26)/b19-13-. The molecule has 1 N–H and O–H groups in total. The van der Waals surface area contributed by atoms with Crippen molar-refractivity contribution >= 4 is 50.5 Å². The number of para-hydroxylation sites is 1. The molecule has 0 bridgehead atoms. The molecule has 1 amide bonds. The van der Waals surface area contributed by atoms with Crippen LogP contribution in [0.25, 0.3) is 11.8 Å². The summed E-state index contributed by atoms with van der Waals surface area (Å²) < 4.78 is 3.06. The zero-order valence-corrected chi connectivity index (χ0v) is 16.9. The Morgan fingerprint density at radius 3 is 2.70 bits per heavy atom. The zero-order valence-electron chi connectivity index (χ0n) is 14.5. The number of benzene rings is 2. The molecule has 4 rings (SSSR count). The van der Waals surface area contributed by atoms with Crippen molar-refractivity contribution in [1.82, 2.24) is 9.88 Å². The smallest absolute Gasteiger partial charge is 0.264 e. The van der Waals surface area contributed by atoms with Crippen molar-refractivity contribution in [2.24, 2.45) is 4.99 Å². The monoisotopic (exact) mass is 437 g/mol. The molecule has 134 valence electrons. The van der Waals surface area contributed by atoms with E-state index in [1.54, 1.807) is 0 Å². The number of aromatic nitrogens is 1. The van der Waals surface area contributed by atoms with E-state index in [2.05, 4.69) is 30.8 Å². The normalized spacial score (nSPS) is 16.9. The topological polar surface area (TPSA) is 46.4 Å². The third-order valence-electron chi connectivity index (χ3n) is 4.13. The number of thioether (sulfide) groups is 1. The molecule has 0 aliphatic carbocycles. The van der Waals surface area contributed by atoms with Crippen molar-refractivity contribution in [2.45, 2.75) is 6.92 Å². The maximum Gasteiger partial charge on any atom is 0.264 e. The molecule has 0 radical (unpaired) electrons. The van der Waals surface area contributed by atoms with Gasteiger partial charge in [0, 0.05) is 22.1 Å². The average molecular weight is 438 g/mol. The van der Waals surface area contributed by atoms with E-state index >= 15 is 0 Å². The fraction of sp³-hybridized carbons (Fsp3) is 0.0476. The minimum absolute atomic E-state index is 0.130. The van der Waals surface area contributed by atoms with Gasteiger partial charge in [-0.2, -0.15) is 0 Å². The SMILES string of the molecule is Cc1cc(Br)ccc1N=C1NC(=O)/C(=C/c2cccn2-c2ccccc2)S1. The van der Waals surface area contributed by atoms with Crippen molar-refractivity contribution in [3.8, 4) is 5.69 Å². The Morgan fingerprint density at radius 1 is 1.11 bits per heavy atom. The lowest BCUT2D eigenvalue weighted by Crippen LogP contribution is -2.19. The lowest BCUT2D eigenvalue weighted by molar-refractivity contribution is -0.115. The second kappa shape index (κ2) is 7.58. The molecule has 6 heteroatoms. The van der Waals surface area contributed by atoms with Crippen LogP contribution in [0.3, 0.4) is 0 Å². The molecule has 1 aliphatic rings. The maximum absolute atomic E-state index is 12.4. The Morgan fingerprint density at radius 2 is 1.93 bits per heavy atom. The van der Waals surface area contributed by atoms with Crippen LogP contribution in [0, 0.1) is 6.92 Å². The van der Waals surface area contributed by atoms with Gasteiger partial charge in [0.15, 0.2) is 5.17 Å². The summed E-state index contributed by atoms with van der Waals surface area (Å²) in [7, 11) is 0. The number of hydrogen-bond donors (Lipinski definition) is 1. The molecular formula is C21H16BrN3OS. The van der Waals surface area contributed by atoms with Crippen molar-refractivity contribution in [1.29, 1.82) is 0 Å². The van der Waals surface area contributed by atoms with Crippen LogP contribution in [-0.4, -0.2) is 15.6 Å².